The number of nitrogens with zero attached hydrogens (tertiary/aromatic N) is 2. The third-order valence-electron chi connectivity index (χ3n) is 2.95. The highest BCUT2D eigenvalue weighted by Gasteiger charge is 2.20. The van der Waals surface area contributed by atoms with Gasteiger partial charge in [0.25, 0.3) is 0 Å². The second kappa shape index (κ2) is 8.14. The molecular formula is C14H21N3O3. The number of hydrogen-bond donors (Lipinski definition) is 2. The van der Waals surface area contributed by atoms with Crippen LogP contribution in [0, 0.1) is 0 Å². The van der Waals surface area contributed by atoms with E-state index in [1.165, 1.54) is 4.90 Å². The smallest absolute Gasteiger partial charge is 0.326 e. The second-order valence-electron chi connectivity index (χ2n) is 4.62. The summed E-state index contributed by atoms with van der Waals surface area (Å²) in [7, 11) is 1.64. The maximum atomic E-state index is 11.9. The zero-order valence-electron chi connectivity index (χ0n) is 11.9. The van der Waals surface area contributed by atoms with Gasteiger partial charge in [0.2, 0.25) is 0 Å². The zero-order chi connectivity index (χ0) is 15.0. The number of likely N-dealkylation sites (N-methyl/N-ethyl adjacent to an activating group) is 1. The second-order valence-corrected chi connectivity index (χ2v) is 4.62. The first-order valence-electron chi connectivity index (χ1n) is 6.69. The third-order valence-corrected chi connectivity index (χ3v) is 2.95. The molecule has 20 heavy (non-hydrogen) atoms. The van der Waals surface area contributed by atoms with E-state index >= 15 is 0 Å². The number of pyridine rings is 1. The van der Waals surface area contributed by atoms with Crippen LogP contribution in [0.25, 0.3) is 0 Å². The molecule has 2 amide bonds. The maximum Gasteiger partial charge on any atom is 0.326 e. The number of aromatic nitrogens is 1. The molecule has 1 aromatic heterocycles. The van der Waals surface area contributed by atoms with Gasteiger partial charge in [0.15, 0.2) is 0 Å². The minimum Gasteiger partial charge on any atom is -0.480 e. The molecule has 0 aliphatic carbocycles. The molecule has 6 nitrogen and oxygen atoms in total. The number of carbonyl (C=O) groups is 2. The highest BCUT2D eigenvalue weighted by atomic mass is 16.4. The number of hydrogen-bond acceptors (Lipinski definition) is 3. The van der Waals surface area contributed by atoms with Crippen LogP contribution in [0.5, 0.6) is 0 Å². The summed E-state index contributed by atoms with van der Waals surface area (Å²) in [5, 5.41) is 11.5. The molecule has 1 heterocycles. The van der Waals surface area contributed by atoms with Crippen molar-refractivity contribution in [3.63, 3.8) is 0 Å². The summed E-state index contributed by atoms with van der Waals surface area (Å²) in [4.78, 5) is 28.5. The largest absolute Gasteiger partial charge is 0.480 e. The van der Waals surface area contributed by atoms with Crippen molar-refractivity contribution in [2.24, 2.45) is 0 Å². The number of carbonyl (C=O) groups excluding carboxylic acids is 1. The molecule has 0 fully saturated rings. The van der Waals surface area contributed by atoms with Crippen LogP contribution < -0.4 is 5.32 Å². The van der Waals surface area contributed by atoms with Gasteiger partial charge in [-0.25, -0.2) is 9.59 Å². The van der Waals surface area contributed by atoms with E-state index in [0.29, 0.717) is 25.8 Å². The fraction of sp³-hybridized carbons (Fsp3) is 0.500. The highest BCUT2D eigenvalue weighted by Crippen LogP contribution is 2.00. The Labute approximate surface area is 118 Å². The van der Waals surface area contributed by atoms with Crippen LogP contribution >= 0.6 is 0 Å². The molecule has 0 spiro atoms. The Hall–Kier alpha value is -2.11. The Morgan fingerprint density at radius 3 is 2.75 bits per heavy atom. The number of carboxylic acid groups (broad SMARTS) is 1. The molecule has 0 bridgehead atoms. The van der Waals surface area contributed by atoms with Gasteiger partial charge in [-0.1, -0.05) is 19.4 Å². The predicted molar refractivity (Wildman–Crippen MR) is 75.4 cm³/mol. The topological polar surface area (TPSA) is 82.5 Å². The Balaban J connectivity index is 2.44. The van der Waals surface area contributed by atoms with Gasteiger partial charge >= 0.3 is 12.0 Å². The monoisotopic (exact) mass is 279 g/mol. The Morgan fingerprint density at radius 2 is 2.20 bits per heavy atom. The first kappa shape index (κ1) is 15.9. The van der Waals surface area contributed by atoms with E-state index in [2.05, 4.69) is 10.3 Å². The lowest BCUT2D eigenvalue weighted by Crippen LogP contribution is -2.47. The number of nitrogens with one attached hydrogen (secondary N) is 1. The van der Waals surface area contributed by atoms with Crippen molar-refractivity contribution in [2.45, 2.75) is 32.2 Å². The number of amides is 2. The molecule has 0 aliphatic heterocycles. The quantitative estimate of drug-likeness (QED) is 0.792. The van der Waals surface area contributed by atoms with Gasteiger partial charge in [0.05, 0.1) is 0 Å². The maximum absolute atomic E-state index is 11.9. The molecule has 1 atom stereocenters. The van der Waals surface area contributed by atoms with Crippen molar-refractivity contribution in [2.75, 3.05) is 13.6 Å². The van der Waals surface area contributed by atoms with Gasteiger partial charge in [-0.3, -0.25) is 4.98 Å². The van der Waals surface area contributed by atoms with Gasteiger partial charge in [-0.2, -0.15) is 0 Å². The third kappa shape index (κ3) is 5.26. The van der Waals surface area contributed by atoms with Crippen LogP contribution in [0.15, 0.2) is 24.4 Å². The summed E-state index contributed by atoms with van der Waals surface area (Å²) in [5.74, 6) is -1.00. The minimum absolute atomic E-state index is 0.373. The van der Waals surface area contributed by atoms with E-state index in [-0.39, 0.29) is 6.03 Å². The first-order chi connectivity index (χ1) is 9.54. The minimum atomic E-state index is -1.00. The average Bonchev–Trinajstić information content (AvgIpc) is 2.45. The summed E-state index contributed by atoms with van der Waals surface area (Å²) < 4.78 is 0. The number of aliphatic carboxylic acids is 1. The van der Waals surface area contributed by atoms with E-state index < -0.39 is 12.0 Å². The lowest BCUT2D eigenvalue weighted by atomic mass is 10.2. The van der Waals surface area contributed by atoms with E-state index in [1.807, 2.05) is 25.1 Å². The fourth-order valence-electron chi connectivity index (χ4n) is 1.74. The molecule has 1 rings (SSSR count). The highest BCUT2D eigenvalue weighted by molar-refractivity contribution is 5.82. The van der Waals surface area contributed by atoms with Crippen LogP contribution in [0.2, 0.25) is 0 Å². The molecule has 1 aromatic rings. The van der Waals surface area contributed by atoms with Crippen LogP contribution in [-0.4, -0.2) is 46.6 Å². The predicted octanol–water partition coefficient (Wildman–Crippen LogP) is 1.52. The molecule has 0 radical (unpaired) electrons. The van der Waals surface area contributed by atoms with Gasteiger partial charge in [-0.05, 0) is 18.6 Å². The van der Waals surface area contributed by atoms with Crippen LogP contribution in [-0.2, 0) is 11.2 Å². The summed E-state index contributed by atoms with van der Waals surface area (Å²) in [6, 6.07) is 4.42. The number of rotatable bonds is 7. The van der Waals surface area contributed by atoms with E-state index in [1.54, 1.807) is 13.2 Å². The van der Waals surface area contributed by atoms with Crippen LogP contribution in [0.4, 0.5) is 4.79 Å². The molecule has 0 saturated carbocycles. The molecular weight excluding hydrogens is 258 g/mol. The standard InChI is InChI=1S/C14H21N3O3/c1-3-6-12(13(18)19)16-14(20)17(2)10-8-11-7-4-5-9-15-11/h4-5,7,9,12H,3,6,8,10H2,1-2H3,(H,16,20)(H,18,19)/t12-/m1/s1. The van der Waals surface area contributed by atoms with Gasteiger partial charge < -0.3 is 15.3 Å². The Bertz CT molecular complexity index is 437. The summed E-state index contributed by atoms with van der Waals surface area (Å²) in [5.41, 5.74) is 0.899. The van der Waals surface area contributed by atoms with Gasteiger partial charge in [-0.15, -0.1) is 0 Å². The van der Waals surface area contributed by atoms with E-state index in [0.717, 1.165) is 5.69 Å². The van der Waals surface area contributed by atoms with Crippen molar-refractivity contribution in [1.82, 2.24) is 15.2 Å². The molecule has 0 aliphatic rings. The van der Waals surface area contributed by atoms with Crippen molar-refractivity contribution in [3.8, 4) is 0 Å². The molecule has 110 valence electrons. The zero-order valence-corrected chi connectivity index (χ0v) is 11.9. The molecule has 0 aromatic carbocycles. The van der Waals surface area contributed by atoms with Crippen molar-refractivity contribution in [1.29, 1.82) is 0 Å². The van der Waals surface area contributed by atoms with Crippen molar-refractivity contribution < 1.29 is 14.7 Å². The molecule has 2 N–H and O–H groups in total. The van der Waals surface area contributed by atoms with Crippen LogP contribution in [0.1, 0.15) is 25.5 Å². The number of urea groups is 1. The summed E-state index contributed by atoms with van der Waals surface area (Å²) >= 11 is 0. The summed E-state index contributed by atoms with van der Waals surface area (Å²) in [6.45, 7) is 2.37. The van der Waals surface area contributed by atoms with Gasteiger partial charge in [0.1, 0.15) is 6.04 Å². The molecule has 0 unspecified atom stereocenters. The van der Waals surface area contributed by atoms with Crippen molar-refractivity contribution >= 4 is 12.0 Å². The van der Waals surface area contributed by atoms with Gasteiger partial charge in [0, 0.05) is 31.9 Å². The SMILES string of the molecule is CCC[C@@H](NC(=O)N(C)CCc1ccccn1)C(=O)O. The molecule has 6 heteroatoms. The first-order valence-corrected chi connectivity index (χ1v) is 6.69. The van der Waals surface area contributed by atoms with E-state index in [9.17, 15) is 9.59 Å². The van der Waals surface area contributed by atoms with Crippen molar-refractivity contribution in [3.05, 3.63) is 30.1 Å². The average molecular weight is 279 g/mol. The summed E-state index contributed by atoms with van der Waals surface area (Å²) in [6.07, 6.45) is 3.47. The Morgan fingerprint density at radius 1 is 1.45 bits per heavy atom. The Kier molecular flexibility index (Phi) is 6.49. The normalized spacial score (nSPS) is 11.7. The fourth-order valence-corrected chi connectivity index (χ4v) is 1.74. The van der Waals surface area contributed by atoms with Crippen LogP contribution in [0.3, 0.4) is 0 Å². The molecule has 0 saturated heterocycles. The lowest BCUT2D eigenvalue weighted by molar-refractivity contribution is -0.139. The van der Waals surface area contributed by atoms with E-state index in [4.69, 9.17) is 5.11 Å². The number of carboxylic acids is 1. The lowest BCUT2D eigenvalue weighted by Gasteiger charge is -2.21.